The number of hydrogen-bond donors (Lipinski definition) is 3. The van der Waals surface area contributed by atoms with Crippen LogP contribution in [0, 0.1) is 0 Å². The molecule has 2 aromatic rings. The summed E-state index contributed by atoms with van der Waals surface area (Å²) in [7, 11) is 0. The molecular formula is C17H22N2O3. The lowest BCUT2D eigenvalue weighted by Gasteiger charge is -2.10. The number of amides is 2. The molecule has 0 aliphatic carbocycles. The molecular weight excluding hydrogens is 280 g/mol. The molecule has 118 valence electrons. The summed E-state index contributed by atoms with van der Waals surface area (Å²) >= 11 is 0. The van der Waals surface area contributed by atoms with Crippen LogP contribution in [0.15, 0.2) is 53.3 Å². The third-order valence-electron chi connectivity index (χ3n) is 3.40. The number of furan rings is 1. The first-order valence-electron chi connectivity index (χ1n) is 7.51. The summed E-state index contributed by atoms with van der Waals surface area (Å²) in [4.78, 5) is 11.6. The maximum atomic E-state index is 11.6. The van der Waals surface area contributed by atoms with Gasteiger partial charge >= 0.3 is 6.03 Å². The Balaban J connectivity index is 1.53. The summed E-state index contributed by atoms with van der Waals surface area (Å²) in [5.41, 5.74) is 2.00. The summed E-state index contributed by atoms with van der Waals surface area (Å²) in [5, 5.41) is 15.4. The third-order valence-corrected chi connectivity index (χ3v) is 3.40. The predicted molar refractivity (Wildman–Crippen MR) is 84.4 cm³/mol. The topological polar surface area (TPSA) is 74.5 Å². The van der Waals surface area contributed by atoms with E-state index >= 15 is 0 Å². The molecule has 3 N–H and O–H groups in total. The SMILES string of the molecule is O=C(NCCCc1ccccc1)NCCC(O)c1ccoc1. The van der Waals surface area contributed by atoms with E-state index in [2.05, 4.69) is 22.8 Å². The first-order valence-corrected chi connectivity index (χ1v) is 7.51. The van der Waals surface area contributed by atoms with Crippen LogP contribution in [0.5, 0.6) is 0 Å². The number of benzene rings is 1. The van der Waals surface area contributed by atoms with Gasteiger partial charge in [-0.15, -0.1) is 0 Å². The van der Waals surface area contributed by atoms with Gasteiger partial charge in [0, 0.05) is 18.7 Å². The number of urea groups is 1. The van der Waals surface area contributed by atoms with Gasteiger partial charge in [0.2, 0.25) is 0 Å². The lowest BCUT2D eigenvalue weighted by Crippen LogP contribution is -2.37. The molecule has 1 unspecified atom stereocenters. The molecule has 0 radical (unpaired) electrons. The van der Waals surface area contributed by atoms with Crippen molar-refractivity contribution < 1.29 is 14.3 Å². The van der Waals surface area contributed by atoms with Crippen molar-refractivity contribution in [3.8, 4) is 0 Å². The van der Waals surface area contributed by atoms with Crippen LogP contribution in [0.4, 0.5) is 4.79 Å². The van der Waals surface area contributed by atoms with Gasteiger partial charge in [0.15, 0.2) is 0 Å². The quantitative estimate of drug-likeness (QED) is 0.656. The number of rotatable bonds is 8. The van der Waals surface area contributed by atoms with Crippen molar-refractivity contribution in [2.45, 2.75) is 25.4 Å². The van der Waals surface area contributed by atoms with E-state index in [9.17, 15) is 9.90 Å². The number of hydrogen-bond acceptors (Lipinski definition) is 3. The van der Waals surface area contributed by atoms with Crippen molar-refractivity contribution in [2.75, 3.05) is 13.1 Å². The highest BCUT2D eigenvalue weighted by Crippen LogP contribution is 2.15. The molecule has 0 bridgehead atoms. The van der Waals surface area contributed by atoms with Crippen LogP contribution in [0.3, 0.4) is 0 Å². The van der Waals surface area contributed by atoms with Crippen molar-refractivity contribution >= 4 is 6.03 Å². The standard InChI is InChI=1S/C17H22N2O3/c20-16(15-9-12-22-13-15)8-11-19-17(21)18-10-4-7-14-5-2-1-3-6-14/h1-3,5-6,9,12-13,16,20H,4,7-8,10-11H2,(H2,18,19,21). The molecule has 0 spiro atoms. The second-order valence-electron chi connectivity index (χ2n) is 5.13. The number of aryl methyl sites for hydroxylation is 1. The van der Waals surface area contributed by atoms with Gasteiger partial charge in [0.1, 0.15) is 0 Å². The van der Waals surface area contributed by atoms with E-state index in [-0.39, 0.29) is 6.03 Å². The Kier molecular flexibility index (Phi) is 6.51. The molecule has 0 saturated heterocycles. The van der Waals surface area contributed by atoms with Crippen molar-refractivity contribution in [1.82, 2.24) is 10.6 Å². The van der Waals surface area contributed by atoms with Gasteiger partial charge in [-0.2, -0.15) is 0 Å². The van der Waals surface area contributed by atoms with Crippen LogP contribution in [0.1, 0.15) is 30.1 Å². The average Bonchev–Trinajstić information content (AvgIpc) is 3.07. The predicted octanol–water partition coefficient (Wildman–Crippen LogP) is 2.64. The maximum Gasteiger partial charge on any atom is 0.314 e. The summed E-state index contributed by atoms with van der Waals surface area (Å²) in [6.45, 7) is 1.04. The molecule has 22 heavy (non-hydrogen) atoms. The monoisotopic (exact) mass is 302 g/mol. The molecule has 2 rings (SSSR count). The lowest BCUT2D eigenvalue weighted by atomic mass is 10.1. The van der Waals surface area contributed by atoms with Gasteiger partial charge in [0.25, 0.3) is 0 Å². The van der Waals surface area contributed by atoms with Crippen molar-refractivity contribution in [3.05, 3.63) is 60.1 Å². The van der Waals surface area contributed by atoms with Crippen molar-refractivity contribution in [3.63, 3.8) is 0 Å². The highest BCUT2D eigenvalue weighted by Gasteiger charge is 2.09. The molecule has 1 aromatic carbocycles. The minimum absolute atomic E-state index is 0.201. The van der Waals surface area contributed by atoms with Gasteiger partial charge in [-0.3, -0.25) is 0 Å². The zero-order valence-corrected chi connectivity index (χ0v) is 12.5. The Morgan fingerprint density at radius 1 is 1.14 bits per heavy atom. The molecule has 5 heteroatoms. The number of carbonyl (C=O) groups is 1. The van der Waals surface area contributed by atoms with Crippen LogP contribution >= 0.6 is 0 Å². The van der Waals surface area contributed by atoms with Crippen LogP contribution < -0.4 is 10.6 Å². The molecule has 0 aliphatic rings. The van der Waals surface area contributed by atoms with Crippen LogP contribution in [-0.2, 0) is 6.42 Å². The minimum atomic E-state index is -0.614. The second-order valence-corrected chi connectivity index (χ2v) is 5.13. The van der Waals surface area contributed by atoms with Crippen LogP contribution in [0.2, 0.25) is 0 Å². The molecule has 0 fully saturated rings. The maximum absolute atomic E-state index is 11.6. The van der Waals surface area contributed by atoms with E-state index in [0.717, 1.165) is 18.4 Å². The summed E-state index contributed by atoms with van der Waals surface area (Å²) in [6, 6.07) is 11.7. The highest BCUT2D eigenvalue weighted by molar-refractivity contribution is 5.73. The van der Waals surface area contributed by atoms with E-state index in [0.29, 0.717) is 19.5 Å². The Labute approximate surface area is 130 Å². The molecule has 0 aliphatic heterocycles. The fourth-order valence-corrected chi connectivity index (χ4v) is 2.16. The molecule has 2 amide bonds. The molecule has 1 heterocycles. The Hall–Kier alpha value is -2.27. The van der Waals surface area contributed by atoms with Crippen molar-refractivity contribution in [1.29, 1.82) is 0 Å². The van der Waals surface area contributed by atoms with E-state index in [1.807, 2.05) is 18.2 Å². The lowest BCUT2D eigenvalue weighted by molar-refractivity contribution is 0.166. The minimum Gasteiger partial charge on any atom is -0.472 e. The second kappa shape index (κ2) is 8.89. The van der Waals surface area contributed by atoms with Gasteiger partial charge in [-0.05, 0) is 30.9 Å². The van der Waals surface area contributed by atoms with E-state index in [4.69, 9.17) is 4.42 Å². The first-order chi connectivity index (χ1) is 10.8. The zero-order chi connectivity index (χ0) is 15.6. The van der Waals surface area contributed by atoms with Crippen molar-refractivity contribution in [2.24, 2.45) is 0 Å². The third kappa shape index (κ3) is 5.61. The van der Waals surface area contributed by atoms with Gasteiger partial charge in [-0.25, -0.2) is 4.79 Å². The smallest absolute Gasteiger partial charge is 0.314 e. The number of nitrogens with one attached hydrogen (secondary N) is 2. The van der Waals surface area contributed by atoms with E-state index < -0.39 is 6.10 Å². The highest BCUT2D eigenvalue weighted by atomic mass is 16.3. The molecule has 1 aromatic heterocycles. The number of aliphatic hydroxyl groups excluding tert-OH is 1. The normalized spacial score (nSPS) is 11.9. The average molecular weight is 302 g/mol. The number of carbonyl (C=O) groups excluding carboxylic acids is 1. The first kappa shape index (κ1) is 16.1. The zero-order valence-electron chi connectivity index (χ0n) is 12.5. The summed E-state index contributed by atoms with van der Waals surface area (Å²) in [6.07, 6.45) is 4.71. The van der Waals surface area contributed by atoms with Gasteiger partial charge in [0.05, 0.1) is 18.6 Å². The Morgan fingerprint density at radius 2 is 1.91 bits per heavy atom. The number of aliphatic hydroxyl groups is 1. The van der Waals surface area contributed by atoms with Crippen LogP contribution in [0.25, 0.3) is 0 Å². The Bertz CT molecular complexity index is 540. The van der Waals surface area contributed by atoms with E-state index in [1.165, 1.54) is 18.1 Å². The van der Waals surface area contributed by atoms with Crippen LogP contribution in [-0.4, -0.2) is 24.2 Å². The Morgan fingerprint density at radius 3 is 2.64 bits per heavy atom. The fourth-order valence-electron chi connectivity index (χ4n) is 2.16. The van der Waals surface area contributed by atoms with Gasteiger partial charge in [-0.1, -0.05) is 30.3 Å². The molecule has 0 saturated carbocycles. The van der Waals surface area contributed by atoms with E-state index in [1.54, 1.807) is 6.07 Å². The molecule has 5 nitrogen and oxygen atoms in total. The summed E-state index contributed by atoms with van der Waals surface area (Å²) in [5.74, 6) is 0. The molecule has 1 atom stereocenters. The fraction of sp³-hybridized carbons (Fsp3) is 0.353. The summed E-state index contributed by atoms with van der Waals surface area (Å²) < 4.78 is 4.91. The van der Waals surface area contributed by atoms with Gasteiger partial charge < -0.3 is 20.2 Å². The largest absolute Gasteiger partial charge is 0.472 e.